The summed E-state index contributed by atoms with van der Waals surface area (Å²) in [6.07, 6.45) is 9.53. The predicted molar refractivity (Wildman–Crippen MR) is 119 cm³/mol. The zero-order valence-corrected chi connectivity index (χ0v) is 19.1. The van der Waals surface area contributed by atoms with Crippen LogP contribution in [0.5, 0.6) is 0 Å². The van der Waals surface area contributed by atoms with Crippen molar-refractivity contribution in [3.8, 4) is 0 Å². The summed E-state index contributed by atoms with van der Waals surface area (Å²) in [5.74, 6) is 0.0774. The SMILES string of the molecule is Cc1ccn(CCC(C)C)c(=O)c1C(=O)N1CCC2(CC1)CC(Cn1ccnc1)OC2=O. The van der Waals surface area contributed by atoms with Gasteiger partial charge in [0.15, 0.2) is 0 Å². The average molecular weight is 441 g/mol. The van der Waals surface area contributed by atoms with Crippen LogP contribution in [0.2, 0.25) is 0 Å². The van der Waals surface area contributed by atoms with Crippen molar-refractivity contribution in [3.63, 3.8) is 0 Å². The normalized spacial score (nSPS) is 20.2. The van der Waals surface area contributed by atoms with Gasteiger partial charge >= 0.3 is 5.97 Å². The van der Waals surface area contributed by atoms with Crippen molar-refractivity contribution in [2.75, 3.05) is 13.1 Å². The standard InChI is InChI=1S/C24H32N4O4/c1-17(2)4-9-27-10-5-18(3)20(21(27)29)22(30)28-11-6-24(7-12-28)14-19(32-23(24)31)15-26-13-8-25-16-26/h5,8,10,13,16-17,19H,4,6-7,9,11-12,14-15H2,1-3H3. The third kappa shape index (κ3) is 4.36. The molecule has 1 atom stereocenters. The maximum Gasteiger partial charge on any atom is 0.312 e. The van der Waals surface area contributed by atoms with Crippen LogP contribution in [0.4, 0.5) is 0 Å². The van der Waals surface area contributed by atoms with Crippen molar-refractivity contribution in [3.05, 3.63) is 52.5 Å². The molecule has 2 aliphatic rings. The Balaban J connectivity index is 1.43. The summed E-state index contributed by atoms with van der Waals surface area (Å²) in [6.45, 7) is 8.13. The first-order chi connectivity index (χ1) is 15.3. The second-order valence-corrected chi connectivity index (χ2v) is 9.62. The van der Waals surface area contributed by atoms with Crippen molar-refractivity contribution in [2.45, 2.75) is 65.6 Å². The van der Waals surface area contributed by atoms with Gasteiger partial charge < -0.3 is 18.8 Å². The number of cyclic esters (lactones) is 1. The molecule has 32 heavy (non-hydrogen) atoms. The minimum Gasteiger partial charge on any atom is -0.460 e. The van der Waals surface area contributed by atoms with Crippen LogP contribution in [0.15, 0.2) is 35.8 Å². The zero-order valence-electron chi connectivity index (χ0n) is 19.1. The molecule has 2 aromatic heterocycles. The minimum absolute atomic E-state index is 0.165. The molecule has 0 aliphatic carbocycles. The predicted octanol–water partition coefficient (Wildman–Crippen LogP) is 2.64. The molecule has 1 unspecified atom stereocenters. The summed E-state index contributed by atoms with van der Waals surface area (Å²) in [5.41, 5.74) is 0.183. The number of rotatable bonds is 6. The van der Waals surface area contributed by atoms with E-state index in [2.05, 4.69) is 18.8 Å². The third-order valence-corrected chi connectivity index (χ3v) is 6.84. The molecule has 2 aromatic rings. The van der Waals surface area contributed by atoms with Crippen LogP contribution >= 0.6 is 0 Å². The van der Waals surface area contributed by atoms with E-state index in [0.29, 0.717) is 56.9 Å². The topological polar surface area (TPSA) is 86.4 Å². The van der Waals surface area contributed by atoms with Crippen LogP contribution in [0.25, 0.3) is 0 Å². The number of amides is 1. The van der Waals surface area contributed by atoms with Gasteiger partial charge in [-0.25, -0.2) is 4.98 Å². The maximum absolute atomic E-state index is 13.3. The average Bonchev–Trinajstić information content (AvgIpc) is 3.36. The van der Waals surface area contributed by atoms with Gasteiger partial charge in [-0.1, -0.05) is 13.8 Å². The molecular weight excluding hydrogens is 408 g/mol. The Morgan fingerprint density at radius 3 is 2.66 bits per heavy atom. The molecule has 1 spiro atoms. The lowest BCUT2D eigenvalue weighted by Crippen LogP contribution is -2.46. The highest BCUT2D eigenvalue weighted by atomic mass is 16.6. The molecule has 0 bridgehead atoms. The number of piperidine rings is 1. The molecule has 0 saturated carbocycles. The van der Waals surface area contributed by atoms with Gasteiger partial charge in [-0.2, -0.15) is 0 Å². The number of esters is 1. The number of nitrogens with zero attached hydrogens (tertiary/aromatic N) is 4. The lowest BCUT2D eigenvalue weighted by Gasteiger charge is -2.36. The number of pyridine rings is 1. The van der Waals surface area contributed by atoms with Gasteiger partial charge in [0.1, 0.15) is 11.7 Å². The number of likely N-dealkylation sites (tertiary alicyclic amines) is 1. The van der Waals surface area contributed by atoms with Gasteiger partial charge in [0.25, 0.3) is 11.5 Å². The van der Waals surface area contributed by atoms with E-state index >= 15 is 0 Å². The highest BCUT2D eigenvalue weighted by Gasteiger charge is 2.51. The fraction of sp³-hybridized carbons (Fsp3) is 0.583. The number of imidazole rings is 1. The molecule has 172 valence electrons. The molecule has 2 aliphatic heterocycles. The Labute approximate surface area is 188 Å². The summed E-state index contributed by atoms with van der Waals surface area (Å²) in [4.78, 5) is 44.8. The van der Waals surface area contributed by atoms with Crippen LogP contribution in [-0.2, 0) is 22.6 Å². The largest absolute Gasteiger partial charge is 0.460 e. The van der Waals surface area contributed by atoms with Crippen molar-refractivity contribution < 1.29 is 14.3 Å². The Bertz CT molecular complexity index is 1030. The first kappa shape index (κ1) is 22.3. The zero-order chi connectivity index (χ0) is 22.9. The Morgan fingerprint density at radius 2 is 2.00 bits per heavy atom. The van der Waals surface area contributed by atoms with E-state index in [1.807, 2.05) is 23.8 Å². The molecule has 8 heteroatoms. The molecule has 4 heterocycles. The van der Waals surface area contributed by atoms with E-state index in [9.17, 15) is 14.4 Å². The number of hydrogen-bond donors (Lipinski definition) is 0. The first-order valence-electron chi connectivity index (χ1n) is 11.5. The van der Waals surface area contributed by atoms with Gasteiger partial charge in [-0.05, 0) is 43.7 Å². The Morgan fingerprint density at radius 1 is 1.25 bits per heavy atom. The van der Waals surface area contributed by atoms with Gasteiger partial charge in [0, 0.05) is 44.6 Å². The number of hydrogen-bond acceptors (Lipinski definition) is 5. The van der Waals surface area contributed by atoms with Gasteiger partial charge in [-0.3, -0.25) is 14.4 Å². The summed E-state index contributed by atoms with van der Waals surface area (Å²) in [6, 6.07) is 1.84. The van der Waals surface area contributed by atoms with E-state index in [0.717, 1.165) is 6.42 Å². The van der Waals surface area contributed by atoms with Crippen LogP contribution < -0.4 is 5.56 Å². The maximum atomic E-state index is 13.3. The molecule has 4 rings (SSSR count). The summed E-state index contributed by atoms with van der Waals surface area (Å²) in [7, 11) is 0. The highest BCUT2D eigenvalue weighted by Crippen LogP contribution is 2.43. The Kier molecular flexibility index (Phi) is 6.22. The van der Waals surface area contributed by atoms with Gasteiger partial charge in [0.2, 0.25) is 0 Å². The molecule has 0 aromatic carbocycles. The lowest BCUT2D eigenvalue weighted by molar-refractivity contribution is -0.150. The quantitative estimate of drug-likeness (QED) is 0.645. The summed E-state index contributed by atoms with van der Waals surface area (Å²) >= 11 is 0. The molecular formula is C24H32N4O4. The van der Waals surface area contributed by atoms with Crippen molar-refractivity contribution in [2.24, 2.45) is 11.3 Å². The molecule has 1 amide bonds. The van der Waals surface area contributed by atoms with Crippen LogP contribution in [0.1, 0.15) is 55.5 Å². The highest BCUT2D eigenvalue weighted by molar-refractivity contribution is 5.95. The smallest absolute Gasteiger partial charge is 0.312 e. The van der Waals surface area contributed by atoms with Crippen LogP contribution in [0, 0.1) is 18.3 Å². The van der Waals surface area contributed by atoms with E-state index in [1.54, 1.807) is 28.2 Å². The fourth-order valence-corrected chi connectivity index (χ4v) is 4.77. The first-order valence-corrected chi connectivity index (χ1v) is 11.5. The van der Waals surface area contributed by atoms with Crippen molar-refractivity contribution in [1.82, 2.24) is 19.0 Å². The number of carbonyl (C=O) groups is 2. The van der Waals surface area contributed by atoms with Crippen LogP contribution in [-0.4, -0.2) is 50.1 Å². The molecule has 0 N–H and O–H groups in total. The van der Waals surface area contributed by atoms with Crippen LogP contribution in [0.3, 0.4) is 0 Å². The second kappa shape index (κ2) is 8.92. The summed E-state index contributed by atoms with van der Waals surface area (Å²) in [5, 5.41) is 0. The molecule has 2 fully saturated rings. The van der Waals surface area contributed by atoms with Gasteiger partial charge in [0.05, 0.1) is 18.3 Å². The molecule has 2 saturated heterocycles. The van der Waals surface area contributed by atoms with Crippen molar-refractivity contribution in [1.29, 1.82) is 0 Å². The Hall–Kier alpha value is -2.90. The molecule has 8 nitrogen and oxygen atoms in total. The number of carbonyl (C=O) groups excluding carboxylic acids is 2. The number of ether oxygens (including phenoxy) is 1. The minimum atomic E-state index is -0.536. The second-order valence-electron chi connectivity index (χ2n) is 9.62. The lowest BCUT2D eigenvalue weighted by atomic mass is 9.76. The fourth-order valence-electron chi connectivity index (χ4n) is 4.77. The van der Waals surface area contributed by atoms with Gasteiger partial charge in [-0.15, -0.1) is 0 Å². The van der Waals surface area contributed by atoms with E-state index in [1.165, 1.54) is 0 Å². The summed E-state index contributed by atoms with van der Waals surface area (Å²) < 4.78 is 9.22. The number of aryl methyl sites for hydroxylation is 2. The van der Waals surface area contributed by atoms with E-state index < -0.39 is 5.41 Å². The number of aromatic nitrogens is 3. The van der Waals surface area contributed by atoms with Crippen molar-refractivity contribution >= 4 is 11.9 Å². The third-order valence-electron chi connectivity index (χ3n) is 6.84. The van der Waals surface area contributed by atoms with E-state index in [-0.39, 0.29) is 29.1 Å². The van der Waals surface area contributed by atoms with E-state index in [4.69, 9.17) is 4.74 Å². The molecule has 0 radical (unpaired) electrons. The monoisotopic (exact) mass is 440 g/mol.